The number of phenolic OH excluding ortho intramolecular Hbond substituents is 1. The number of amides is 3. The van der Waals surface area contributed by atoms with Gasteiger partial charge in [-0.15, -0.1) is 0 Å². The highest BCUT2D eigenvalue weighted by molar-refractivity contribution is 5.92. The number of rotatable bonds is 12. The van der Waals surface area contributed by atoms with Crippen LogP contribution in [0.25, 0.3) is 0 Å². The quantitative estimate of drug-likeness (QED) is 0.341. The molecule has 0 aliphatic carbocycles. The Kier molecular flexibility index (Phi) is 11.9. The maximum absolute atomic E-state index is 13.6. The summed E-state index contributed by atoms with van der Waals surface area (Å²) in [6, 6.07) is 3.40. The van der Waals surface area contributed by atoms with Crippen molar-refractivity contribution in [1.82, 2.24) is 15.5 Å². The molecule has 9 nitrogen and oxygen atoms in total. The Bertz CT molecular complexity index is 808. The molecular formula is C25H41N3O6. The lowest BCUT2D eigenvalue weighted by molar-refractivity contribution is -0.145. The van der Waals surface area contributed by atoms with Gasteiger partial charge >= 0.3 is 6.09 Å². The van der Waals surface area contributed by atoms with Crippen LogP contribution in [-0.2, 0) is 14.3 Å². The van der Waals surface area contributed by atoms with Crippen LogP contribution in [0.4, 0.5) is 4.79 Å². The largest absolute Gasteiger partial charge is 0.508 e. The minimum atomic E-state index is -1.31. The lowest BCUT2D eigenvalue weighted by atomic mass is 9.99. The van der Waals surface area contributed by atoms with Crippen molar-refractivity contribution in [2.24, 2.45) is 0 Å². The van der Waals surface area contributed by atoms with Crippen LogP contribution in [0.15, 0.2) is 24.3 Å². The van der Waals surface area contributed by atoms with Crippen molar-refractivity contribution >= 4 is 17.9 Å². The Morgan fingerprint density at radius 2 is 1.82 bits per heavy atom. The zero-order chi connectivity index (χ0) is 25.9. The van der Waals surface area contributed by atoms with Crippen molar-refractivity contribution in [3.8, 4) is 5.75 Å². The van der Waals surface area contributed by atoms with Crippen LogP contribution in [0.3, 0.4) is 0 Å². The fourth-order valence-electron chi connectivity index (χ4n) is 3.43. The van der Waals surface area contributed by atoms with Crippen LogP contribution in [0.2, 0.25) is 0 Å². The van der Waals surface area contributed by atoms with Crippen LogP contribution in [0.5, 0.6) is 5.75 Å². The van der Waals surface area contributed by atoms with Crippen molar-refractivity contribution in [3.63, 3.8) is 0 Å². The van der Waals surface area contributed by atoms with Crippen molar-refractivity contribution in [2.75, 3.05) is 13.2 Å². The predicted molar refractivity (Wildman–Crippen MR) is 130 cm³/mol. The summed E-state index contributed by atoms with van der Waals surface area (Å²) in [6.07, 6.45) is 2.43. The first-order chi connectivity index (χ1) is 15.9. The van der Waals surface area contributed by atoms with Crippen molar-refractivity contribution < 1.29 is 29.3 Å². The van der Waals surface area contributed by atoms with E-state index >= 15 is 0 Å². The van der Waals surface area contributed by atoms with E-state index in [0.717, 1.165) is 19.3 Å². The summed E-state index contributed by atoms with van der Waals surface area (Å²) in [6.45, 7) is 10.6. The van der Waals surface area contributed by atoms with E-state index in [4.69, 9.17) is 4.74 Å². The second-order valence-electron chi connectivity index (χ2n) is 9.38. The molecule has 0 aromatic heterocycles. The predicted octanol–water partition coefficient (Wildman–Crippen LogP) is 3.25. The Hall–Kier alpha value is -2.81. The van der Waals surface area contributed by atoms with Crippen molar-refractivity contribution in [3.05, 3.63) is 29.8 Å². The van der Waals surface area contributed by atoms with E-state index in [9.17, 15) is 24.6 Å². The van der Waals surface area contributed by atoms with Crippen LogP contribution in [0.1, 0.15) is 78.8 Å². The molecule has 9 heteroatoms. The van der Waals surface area contributed by atoms with Crippen LogP contribution in [-0.4, -0.2) is 63.9 Å². The van der Waals surface area contributed by atoms with Gasteiger partial charge < -0.3 is 30.5 Å². The topological polar surface area (TPSA) is 128 Å². The molecule has 34 heavy (non-hydrogen) atoms. The van der Waals surface area contributed by atoms with Gasteiger partial charge in [-0.3, -0.25) is 9.59 Å². The standard InChI is InChI=1S/C25H41N3O6/c1-7-9-10-14-26-22(31)21(18-12-11-13-19(30)15-18)28(17(3)8-2)23(32)20(16-29)27-24(33)34-25(4,5)6/h11-13,15,17,20-21,29-30H,7-10,14,16H2,1-6H3,(H,26,31)(H,27,33). The van der Waals surface area contributed by atoms with E-state index < -0.39 is 48.2 Å². The van der Waals surface area contributed by atoms with Gasteiger partial charge in [0.1, 0.15) is 23.4 Å². The molecule has 0 aliphatic rings. The van der Waals surface area contributed by atoms with Gasteiger partial charge in [-0.2, -0.15) is 0 Å². The zero-order valence-corrected chi connectivity index (χ0v) is 21.3. The number of benzene rings is 1. The maximum Gasteiger partial charge on any atom is 0.408 e. The Balaban J connectivity index is 3.34. The van der Waals surface area contributed by atoms with Gasteiger partial charge in [-0.25, -0.2) is 4.79 Å². The smallest absolute Gasteiger partial charge is 0.408 e. The molecule has 1 rings (SSSR count). The minimum absolute atomic E-state index is 0.0385. The van der Waals surface area contributed by atoms with Crippen molar-refractivity contribution in [1.29, 1.82) is 0 Å². The van der Waals surface area contributed by atoms with Gasteiger partial charge in [0.2, 0.25) is 11.8 Å². The van der Waals surface area contributed by atoms with Crippen LogP contribution >= 0.6 is 0 Å². The van der Waals surface area contributed by atoms with E-state index in [2.05, 4.69) is 17.6 Å². The first-order valence-electron chi connectivity index (χ1n) is 11.9. The molecule has 0 spiro atoms. The first kappa shape index (κ1) is 29.2. The molecule has 1 aromatic carbocycles. The number of carbonyl (C=O) groups excluding carboxylic acids is 3. The summed E-state index contributed by atoms with van der Waals surface area (Å²) in [4.78, 5) is 40.6. The zero-order valence-electron chi connectivity index (χ0n) is 21.3. The molecule has 3 unspecified atom stereocenters. The van der Waals surface area contributed by atoms with E-state index in [0.29, 0.717) is 18.5 Å². The molecule has 3 amide bonds. The van der Waals surface area contributed by atoms with E-state index in [1.807, 2.05) is 6.92 Å². The number of nitrogens with one attached hydrogen (secondary N) is 2. The number of aliphatic hydroxyl groups excluding tert-OH is 1. The third-order valence-electron chi connectivity index (χ3n) is 5.28. The number of hydrogen-bond donors (Lipinski definition) is 4. The average molecular weight is 480 g/mol. The highest BCUT2D eigenvalue weighted by Crippen LogP contribution is 2.28. The van der Waals surface area contributed by atoms with Gasteiger partial charge in [-0.05, 0) is 58.2 Å². The number of ether oxygens (including phenoxy) is 1. The van der Waals surface area contributed by atoms with Crippen LogP contribution in [0, 0.1) is 0 Å². The van der Waals surface area contributed by atoms with Gasteiger partial charge in [0.25, 0.3) is 0 Å². The second-order valence-corrected chi connectivity index (χ2v) is 9.38. The lowest BCUT2D eigenvalue weighted by Crippen LogP contribution is -2.56. The molecule has 3 atom stereocenters. The number of aromatic hydroxyl groups is 1. The van der Waals surface area contributed by atoms with Crippen LogP contribution < -0.4 is 10.6 Å². The molecule has 0 saturated carbocycles. The third-order valence-corrected chi connectivity index (χ3v) is 5.28. The minimum Gasteiger partial charge on any atom is -0.508 e. The molecular weight excluding hydrogens is 438 g/mol. The number of aliphatic hydroxyl groups is 1. The SMILES string of the molecule is CCCCCNC(=O)C(c1cccc(O)c1)N(C(=O)C(CO)NC(=O)OC(C)(C)C)C(C)CC. The molecule has 0 fully saturated rings. The monoisotopic (exact) mass is 479 g/mol. The molecule has 1 aromatic rings. The van der Waals surface area contributed by atoms with Gasteiger partial charge in [0.05, 0.1) is 6.61 Å². The van der Waals surface area contributed by atoms with Gasteiger partial charge in [-0.1, -0.05) is 38.8 Å². The maximum atomic E-state index is 13.6. The molecule has 4 N–H and O–H groups in total. The molecule has 192 valence electrons. The fourth-order valence-corrected chi connectivity index (χ4v) is 3.43. The average Bonchev–Trinajstić information content (AvgIpc) is 2.76. The van der Waals surface area contributed by atoms with E-state index in [1.165, 1.54) is 17.0 Å². The Morgan fingerprint density at radius 1 is 1.15 bits per heavy atom. The fraction of sp³-hybridized carbons (Fsp3) is 0.640. The third kappa shape index (κ3) is 9.21. The molecule has 0 bridgehead atoms. The summed E-state index contributed by atoms with van der Waals surface area (Å²) in [5.41, 5.74) is -0.359. The molecule has 0 radical (unpaired) electrons. The summed E-state index contributed by atoms with van der Waals surface area (Å²) in [5, 5.41) is 25.3. The van der Waals surface area contributed by atoms with E-state index in [1.54, 1.807) is 39.8 Å². The number of alkyl carbamates (subject to hydrolysis) is 1. The van der Waals surface area contributed by atoms with Gasteiger partial charge in [0, 0.05) is 12.6 Å². The number of phenols is 1. The summed E-state index contributed by atoms with van der Waals surface area (Å²) >= 11 is 0. The normalized spacial score (nSPS) is 14.0. The lowest BCUT2D eigenvalue weighted by Gasteiger charge is -2.38. The number of unbranched alkanes of at least 4 members (excludes halogenated alkanes) is 2. The molecule has 0 aliphatic heterocycles. The van der Waals surface area contributed by atoms with E-state index in [-0.39, 0.29) is 5.75 Å². The first-order valence-corrected chi connectivity index (χ1v) is 11.9. The summed E-state index contributed by atoms with van der Waals surface area (Å²) < 4.78 is 5.23. The number of nitrogens with zero attached hydrogens (tertiary/aromatic N) is 1. The Morgan fingerprint density at radius 3 is 2.35 bits per heavy atom. The Labute approximate surface area is 202 Å². The number of carbonyl (C=O) groups is 3. The second kappa shape index (κ2) is 13.8. The highest BCUT2D eigenvalue weighted by atomic mass is 16.6. The summed E-state index contributed by atoms with van der Waals surface area (Å²) in [5.74, 6) is -1.06. The van der Waals surface area contributed by atoms with Gasteiger partial charge in [0.15, 0.2) is 0 Å². The highest BCUT2D eigenvalue weighted by Gasteiger charge is 2.38. The summed E-state index contributed by atoms with van der Waals surface area (Å²) in [7, 11) is 0. The molecule has 0 saturated heterocycles. The van der Waals surface area contributed by atoms with Crippen molar-refractivity contribution in [2.45, 2.75) is 91.0 Å². The number of hydrogen-bond acceptors (Lipinski definition) is 6. The molecule has 0 heterocycles.